The average molecular weight is 194 g/mol. The zero-order chi connectivity index (χ0) is 8.81. The number of rotatable bonds is 3. The molecule has 0 saturated carbocycles. The van der Waals surface area contributed by atoms with Gasteiger partial charge in [0.1, 0.15) is 0 Å². The van der Waals surface area contributed by atoms with Crippen LogP contribution in [-0.4, -0.2) is 10.7 Å². The Morgan fingerprint density at radius 3 is 2.50 bits per heavy atom. The smallest absolute Gasteiger partial charge is 0.0741 e. The molecule has 1 aromatic rings. The van der Waals surface area contributed by atoms with Crippen molar-refractivity contribution in [1.82, 2.24) is 0 Å². The normalized spacial score (nSPS) is 8.33. The highest BCUT2D eigenvalue weighted by Crippen LogP contribution is 2.14. The van der Waals surface area contributed by atoms with Crippen LogP contribution in [-0.2, 0) is 0 Å². The van der Waals surface area contributed by atoms with E-state index in [-0.39, 0.29) is 0 Å². The maximum Gasteiger partial charge on any atom is 0.0741 e. The Balaban J connectivity index is 2.84. The first-order chi connectivity index (χ1) is 5.86. The maximum atomic E-state index is 4.63. The number of hydrogen-bond acceptors (Lipinski definition) is 3. The summed E-state index contributed by atoms with van der Waals surface area (Å²) in [5.41, 5.74) is 3.19. The van der Waals surface area contributed by atoms with Crippen molar-refractivity contribution in [2.24, 2.45) is 4.99 Å². The van der Waals surface area contributed by atoms with Crippen LogP contribution in [0.1, 0.15) is 0 Å². The van der Waals surface area contributed by atoms with Gasteiger partial charge in [-0.3, -0.25) is 0 Å². The van der Waals surface area contributed by atoms with Crippen LogP contribution in [0.25, 0.3) is 0 Å². The quantitative estimate of drug-likeness (QED) is 0.591. The van der Waals surface area contributed by atoms with Crippen LogP contribution in [0.2, 0.25) is 0 Å². The topological polar surface area (TPSA) is 24.4 Å². The third-order valence-corrected chi connectivity index (χ3v) is 1.48. The van der Waals surface area contributed by atoms with Gasteiger partial charge in [0.05, 0.1) is 16.3 Å². The molecule has 1 aromatic carbocycles. The second-order valence-corrected chi connectivity index (χ2v) is 2.43. The zero-order valence-electron chi connectivity index (χ0n) is 6.15. The molecule has 4 heteroatoms. The predicted molar refractivity (Wildman–Crippen MR) is 58.4 cm³/mol. The summed E-state index contributed by atoms with van der Waals surface area (Å²) in [6.07, 6.45) is 0. The molecular formula is C8H6N2S2. The highest BCUT2D eigenvalue weighted by molar-refractivity contribution is 7.79. The van der Waals surface area contributed by atoms with Gasteiger partial charge in [0.15, 0.2) is 0 Å². The van der Waals surface area contributed by atoms with Crippen molar-refractivity contribution in [3.8, 4) is 0 Å². The van der Waals surface area contributed by atoms with Gasteiger partial charge >= 0.3 is 0 Å². The Morgan fingerprint density at radius 2 is 2.00 bits per heavy atom. The molecule has 0 aliphatic heterocycles. The van der Waals surface area contributed by atoms with Crippen LogP contribution in [0.5, 0.6) is 0 Å². The second kappa shape index (κ2) is 4.72. The molecular weight excluding hydrogens is 188 g/mol. The van der Waals surface area contributed by atoms with Crippen molar-refractivity contribution >= 4 is 46.5 Å². The number of isothiocyanates is 1. The van der Waals surface area contributed by atoms with Gasteiger partial charge in [-0.15, -0.1) is 0 Å². The zero-order valence-corrected chi connectivity index (χ0v) is 7.78. The average Bonchev–Trinajstić information content (AvgIpc) is 2.09. The van der Waals surface area contributed by atoms with Gasteiger partial charge in [-0.05, 0) is 36.5 Å². The fourth-order valence-corrected chi connectivity index (χ4v) is 0.994. The minimum Gasteiger partial charge on any atom is -0.353 e. The Morgan fingerprint density at radius 1 is 1.33 bits per heavy atom. The molecule has 0 fully saturated rings. The van der Waals surface area contributed by atoms with E-state index in [9.17, 15) is 0 Å². The van der Waals surface area contributed by atoms with Gasteiger partial charge in [-0.2, -0.15) is 4.99 Å². The molecule has 0 bridgehead atoms. The maximum absolute atomic E-state index is 4.63. The van der Waals surface area contributed by atoms with E-state index < -0.39 is 0 Å². The minimum atomic E-state index is 0.792. The van der Waals surface area contributed by atoms with Crippen molar-refractivity contribution in [2.75, 3.05) is 5.32 Å². The molecule has 0 aromatic heterocycles. The minimum absolute atomic E-state index is 0.792. The number of nitrogens with zero attached hydrogens (tertiary/aromatic N) is 1. The van der Waals surface area contributed by atoms with Crippen LogP contribution in [0, 0.1) is 0 Å². The van der Waals surface area contributed by atoms with Crippen molar-refractivity contribution in [3.63, 3.8) is 0 Å². The summed E-state index contributed by atoms with van der Waals surface area (Å²) in [7, 11) is 0. The lowest BCUT2D eigenvalue weighted by atomic mass is 10.3. The monoisotopic (exact) mass is 194 g/mol. The van der Waals surface area contributed by atoms with Crippen LogP contribution >= 0.6 is 24.4 Å². The van der Waals surface area contributed by atoms with E-state index in [2.05, 4.69) is 39.9 Å². The summed E-state index contributed by atoms with van der Waals surface area (Å²) < 4.78 is 0. The lowest BCUT2D eigenvalue weighted by Crippen LogP contribution is -1.89. The highest BCUT2D eigenvalue weighted by atomic mass is 32.1. The van der Waals surface area contributed by atoms with Crippen LogP contribution in [0.3, 0.4) is 0 Å². The second-order valence-electron chi connectivity index (χ2n) is 2.01. The van der Waals surface area contributed by atoms with E-state index in [0.717, 1.165) is 11.4 Å². The number of nitrogens with one attached hydrogen (secondary N) is 1. The molecule has 0 unspecified atom stereocenters. The Kier molecular flexibility index (Phi) is 3.54. The molecule has 0 saturated heterocycles. The molecule has 0 radical (unpaired) electrons. The molecule has 1 rings (SSSR count). The third kappa shape index (κ3) is 2.51. The van der Waals surface area contributed by atoms with E-state index in [1.807, 2.05) is 24.3 Å². The summed E-state index contributed by atoms with van der Waals surface area (Å²) in [6, 6.07) is 7.41. The van der Waals surface area contributed by atoms with Crippen molar-refractivity contribution in [2.45, 2.75) is 0 Å². The van der Waals surface area contributed by atoms with Crippen LogP contribution in [0.15, 0.2) is 29.3 Å². The lowest BCUT2D eigenvalue weighted by molar-refractivity contribution is 1.54. The highest BCUT2D eigenvalue weighted by Gasteiger charge is 1.88. The number of thiocarbonyl (C=S) groups is 2. The number of anilines is 1. The van der Waals surface area contributed by atoms with E-state index in [1.54, 1.807) is 0 Å². The summed E-state index contributed by atoms with van der Waals surface area (Å²) in [6.45, 7) is 0. The molecule has 0 amide bonds. The van der Waals surface area contributed by atoms with E-state index in [0.29, 0.717) is 0 Å². The number of aliphatic imine (C=N–C) groups is 1. The Hall–Kier alpha value is -1.09. The molecule has 2 nitrogen and oxygen atoms in total. The van der Waals surface area contributed by atoms with Gasteiger partial charge in [0.2, 0.25) is 0 Å². The first-order valence-electron chi connectivity index (χ1n) is 3.25. The third-order valence-electron chi connectivity index (χ3n) is 1.27. The van der Waals surface area contributed by atoms with Crippen LogP contribution in [0.4, 0.5) is 11.4 Å². The fourth-order valence-electron chi connectivity index (χ4n) is 0.753. The van der Waals surface area contributed by atoms with Gasteiger partial charge in [0.25, 0.3) is 0 Å². The predicted octanol–water partition coefficient (Wildman–Crippen LogP) is 2.79. The molecule has 60 valence electrons. The van der Waals surface area contributed by atoms with Crippen molar-refractivity contribution in [1.29, 1.82) is 0 Å². The molecule has 0 heterocycles. The first kappa shape index (κ1) is 9.00. The fraction of sp³-hybridized carbons (Fsp3) is 0. The van der Waals surface area contributed by atoms with Crippen molar-refractivity contribution in [3.05, 3.63) is 24.3 Å². The van der Waals surface area contributed by atoms with Gasteiger partial charge in [-0.25, -0.2) is 0 Å². The standard InChI is InChI=1S/C8H6N2S2/c11-5-9-7-1-2-8(4-3-7)10-6-12/h1-5H,(H,9,11). The van der Waals surface area contributed by atoms with Crippen LogP contribution < -0.4 is 5.32 Å². The first-order valence-corrected chi connectivity index (χ1v) is 4.13. The van der Waals surface area contributed by atoms with Crippen molar-refractivity contribution < 1.29 is 0 Å². The largest absolute Gasteiger partial charge is 0.353 e. The summed E-state index contributed by atoms with van der Waals surface area (Å²) in [4.78, 5) is 3.81. The van der Waals surface area contributed by atoms with E-state index in [1.165, 1.54) is 5.49 Å². The number of hydrogen-bond donors (Lipinski definition) is 1. The lowest BCUT2D eigenvalue weighted by Gasteiger charge is -1.97. The van der Waals surface area contributed by atoms with E-state index in [4.69, 9.17) is 0 Å². The molecule has 0 atom stereocenters. The molecule has 0 aliphatic rings. The molecule has 1 N–H and O–H groups in total. The van der Waals surface area contributed by atoms with Gasteiger partial charge < -0.3 is 5.32 Å². The summed E-state index contributed by atoms with van der Waals surface area (Å²) in [5.74, 6) is 0. The van der Waals surface area contributed by atoms with E-state index >= 15 is 0 Å². The van der Waals surface area contributed by atoms with Gasteiger partial charge in [-0.1, -0.05) is 12.2 Å². The summed E-state index contributed by atoms with van der Waals surface area (Å²) in [5, 5.41) is 5.17. The number of benzene rings is 1. The molecule has 0 spiro atoms. The molecule has 12 heavy (non-hydrogen) atoms. The van der Waals surface area contributed by atoms with Gasteiger partial charge in [0, 0.05) is 5.69 Å². The SMILES string of the molecule is S=C=Nc1ccc(NC=S)cc1. The summed E-state index contributed by atoms with van der Waals surface area (Å²) >= 11 is 9.09. The Bertz CT molecular complexity index is 312. The Labute approximate surface area is 81.3 Å². The molecule has 0 aliphatic carbocycles.